The fourth-order valence-corrected chi connectivity index (χ4v) is 6.16. The van der Waals surface area contributed by atoms with Crippen LogP contribution in [0.5, 0.6) is 5.75 Å². The molecule has 6 nitrogen and oxygen atoms in total. The zero-order valence-corrected chi connectivity index (χ0v) is 23.4. The van der Waals surface area contributed by atoms with E-state index < -0.39 is 15.7 Å². The van der Waals surface area contributed by atoms with Crippen LogP contribution in [0.1, 0.15) is 35.7 Å². The van der Waals surface area contributed by atoms with E-state index in [9.17, 15) is 13.2 Å². The normalized spacial score (nSPS) is 15.3. The largest absolute Gasteiger partial charge is 0.492 e. The number of nitrogens with one attached hydrogen (secondary N) is 1. The van der Waals surface area contributed by atoms with E-state index in [0.717, 1.165) is 5.56 Å². The summed E-state index contributed by atoms with van der Waals surface area (Å²) >= 11 is 9.21. The number of benzene rings is 3. The molecule has 0 spiro atoms. The van der Waals surface area contributed by atoms with Crippen LogP contribution in [0.15, 0.2) is 76.1 Å². The summed E-state index contributed by atoms with van der Waals surface area (Å²) in [4.78, 5) is 14.6. The number of anilines is 1. The first-order valence-electron chi connectivity index (χ1n) is 11.9. The molecule has 1 aliphatic heterocycles. The number of sulfonamides is 1. The summed E-state index contributed by atoms with van der Waals surface area (Å²) in [6.07, 6.45) is 0.770. The Labute approximate surface area is 230 Å². The van der Waals surface area contributed by atoms with E-state index in [1.165, 1.54) is 18.2 Å². The molecule has 1 saturated heterocycles. The van der Waals surface area contributed by atoms with Gasteiger partial charge in [0.1, 0.15) is 16.3 Å². The molecule has 0 atom stereocenters. The second kappa shape index (κ2) is 11.4. The number of carbonyl (C=O) groups is 1. The molecule has 0 aromatic heterocycles. The van der Waals surface area contributed by atoms with Gasteiger partial charge in [0.15, 0.2) is 0 Å². The number of amides is 1. The van der Waals surface area contributed by atoms with Crippen molar-refractivity contribution in [3.63, 3.8) is 0 Å². The first-order chi connectivity index (χ1) is 17.6. The summed E-state index contributed by atoms with van der Waals surface area (Å²) in [5.41, 5.74) is 0.216. The first-order valence-corrected chi connectivity index (χ1v) is 14.5. The number of alkyl halides is 1. The van der Waals surface area contributed by atoms with Crippen molar-refractivity contribution in [3.05, 3.63) is 87.4 Å². The summed E-state index contributed by atoms with van der Waals surface area (Å²) in [7, 11) is -3.93. The van der Waals surface area contributed by atoms with E-state index in [1.54, 1.807) is 48.2 Å². The van der Waals surface area contributed by atoms with Crippen molar-refractivity contribution >= 4 is 49.1 Å². The Morgan fingerprint density at radius 1 is 1.08 bits per heavy atom. The molecule has 1 fully saturated rings. The lowest BCUT2D eigenvalue weighted by Crippen LogP contribution is -2.45. The lowest BCUT2D eigenvalue weighted by molar-refractivity contribution is 0.0437. The molecule has 196 valence electrons. The van der Waals surface area contributed by atoms with Gasteiger partial charge in [-0.1, -0.05) is 39.7 Å². The third kappa shape index (κ3) is 6.83. The Morgan fingerprint density at radius 3 is 2.35 bits per heavy atom. The van der Waals surface area contributed by atoms with Crippen LogP contribution in [0.3, 0.4) is 0 Å². The number of hydrogen-bond donors (Lipinski definition) is 1. The van der Waals surface area contributed by atoms with E-state index in [0.29, 0.717) is 40.4 Å². The summed E-state index contributed by atoms with van der Waals surface area (Å²) < 4.78 is 50.0. The third-order valence-electron chi connectivity index (χ3n) is 6.26. The molecule has 0 aliphatic carbocycles. The minimum Gasteiger partial charge on any atom is -0.492 e. The van der Waals surface area contributed by atoms with E-state index in [-0.39, 0.29) is 35.8 Å². The number of nitrogens with zero attached hydrogens (tertiary/aromatic N) is 1. The average molecular weight is 610 g/mol. The van der Waals surface area contributed by atoms with Crippen molar-refractivity contribution in [2.24, 2.45) is 0 Å². The van der Waals surface area contributed by atoms with Gasteiger partial charge < -0.3 is 9.64 Å². The van der Waals surface area contributed by atoms with Crippen molar-refractivity contribution in [2.75, 3.05) is 24.4 Å². The van der Waals surface area contributed by atoms with E-state index in [2.05, 4.69) is 20.7 Å². The van der Waals surface area contributed by atoms with Gasteiger partial charge in [0, 0.05) is 40.3 Å². The van der Waals surface area contributed by atoms with E-state index >= 15 is 4.39 Å². The maximum atomic E-state index is 15.4. The number of carbonyl (C=O) groups excluding carboxylic acids is 1. The van der Waals surface area contributed by atoms with Crippen molar-refractivity contribution in [1.82, 2.24) is 4.90 Å². The minimum atomic E-state index is -3.93. The molecular weight excluding hydrogens is 583 g/mol. The SMILES string of the molecule is CCOc1ccc(Br)cc1S(=O)(=O)Nc1ccc(C(=O)N2CCC(F)(Cc3ccc(Cl)cc3)CC2)cc1. The molecule has 10 heteroatoms. The van der Waals surface area contributed by atoms with E-state index in [1.807, 2.05) is 12.1 Å². The topological polar surface area (TPSA) is 75.7 Å². The highest BCUT2D eigenvalue weighted by Crippen LogP contribution is 2.32. The quantitative estimate of drug-likeness (QED) is 0.317. The van der Waals surface area contributed by atoms with Crippen LogP contribution in [0.25, 0.3) is 0 Å². The number of halogens is 3. The maximum absolute atomic E-state index is 15.4. The van der Waals surface area contributed by atoms with Crippen LogP contribution in [0.4, 0.5) is 10.1 Å². The molecular formula is C27H27BrClFN2O4S. The zero-order valence-electron chi connectivity index (χ0n) is 20.2. The second-order valence-electron chi connectivity index (χ2n) is 8.95. The highest BCUT2D eigenvalue weighted by molar-refractivity contribution is 9.10. The van der Waals surface area contributed by atoms with Crippen LogP contribution in [0, 0.1) is 0 Å². The summed E-state index contributed by atoms with van der Waals surface area (Å²) in [5, 5.41) is 0.610. The van der Waals surface area contributed by atoms with Crippen LogP contribution < -0.4 is 9.46 Å². The standard InChI is InChI=1S/C27H27BrClFN2O4S/c1-2-36-24-12-7-21(28)17-25(24)37(34,35)31-23-10-5-20(6-11-23)26(33)32-15-13-27(30,14-16-32)18-19-3-8-22(29)9-4-19/h3-12,17,31H,2,13-16,18H2,1H3. The predicted molar refractivity (Wildman–Crippen MR) is 147 cm³/mol. The van der Waals surface area contributed by atoms with Crippen LogP contribution in [-0.4, -0.2) is 44.6 Å². The molecule has 0 radical (unpaired) electrons. The van der Waals surface area contributed by atoms with Gasteiger partial charge in [-0.25, -0.2) is 12.8 Å². The smallest absolute Gasteiger partial charge is 0.265 e. The molecule has 4 rings (SSSR count). The Hall–Kier alpha value is -2.62. The van der Waals surface area contributed by atoms with Gasteiger partial charge in [0.25, 0.3) is 15.9 Å². The fourth-order valence-electron chi connectivity index (χ4n) is 4.30. The van der Waals surface area contributed by atoms with Crippen molar-refractivity contribution in [2.45, 2.75) is 36.8 Å². The Morgan fingerprint density at radius 2 is 1.73 bits per heavy atom. The maximum Gasteiger partial charge on any atom is 0.265 e. The van der Waals surface area contributed by atoms with Gasteiger partial charge in [0.05, 0.1) is 6.61 Å². The molecule has 3 aromatic carbocycles. The summed E-state index contributed by atoms with van der Waals surface area (Å²) in [6, 6.07) is 18.1. The van der Waals surface area contributed by atoms with Crippen molar-refractivity contribution < 1.29 is 22.3 Å². The van der Waals surface area contributed by atoms with Gasteiger partial charge in [-0.3, -0.25) is 9.52 Å². The Kier molecular flexibility index (Phi) is 8.46. The minimum absolute atomic E-state index is 0.00509. The first kappa shape index (κ1) is 27.4. The van der Waals surface area contributed by atoms with Gasteiger partial charge in [0.2, 0.25) is 0 Å². The predicted octanol–water partition coefficient (Wildman–Crippen LogP) is 6.49. The number of piperidine rings is 1. The van der Waals surface area contributed by atoms with E-state index in [4.69, 9.17) is 16.3 Å². The van der Waals surface area contributed by atoms with Crippen molar-refractivity contribution in [3.8, 4) is 5.75 Å². The lowest BCUT2D eigenvalue weighted by Gasteiger charge is -2.36. The zero-order chi connectivity index (χ0) is 26.6. The van der Waals surface area contributed by atoms with Gasteiger partial charge in [-0.05, 0) is 79.9 Å². The second-order valence-corrected chi connectivity index (χ2v) is 12.0. The average Bonchev–Trinajstić information content (AvgIpc) is 2.87. The lowest BCUT2D eigenvalue weighted by atomic mass is 9.87. The van der Waals surface area contributed by atoms with Gasteiger partial charge in [-0.2, -0.15) is 0 Å². The molecule has 0 saturated carbocycles. The van der Waals surface area contributed by atoms with Gasteiger partial charge >= 0.3 is 0 Å². The molecule has 1 aliphatic rings. The summed E-state index contributed by atoms with van der Waals surface area (Å²) in [5.74, 6) is 0.0312. The van der Waals surface area contributed by atoms with Crippen LogP contribution in [0.2, 0.25) is 5.02 Å². The molecule has 1 N–H and O–H groups in total. The monoisotopic (exact) mass is 608 g/mol. The highest BCUT2D eigenvalue weighted by atomic mass is 79.9. The van der Waals surface area contributed by atoms with Crippen LogP contribution >= 0.6 is 27.5 Å². The highest BCUT2D eigenvalue weighted by Gasteiger charge is 2.36. The number of ether oxygens (including phenoxy) is 1. The summed E-state index contributed by atoms with van der Waals surface area (Å²) in [6.45, 7) is 2.71. The molecule has 0 unspecified atom stereocenters. The fraction of sp³-hybridized carbons (Fsp3) is 0.296. The molecule has 3 aromatic rings. The Bertz CT molecular complexity index is 1360. The number of rotatable bonds is 8. The number of hydrogen-bond acceptors (Lipinski definition) is 4. The molecule has 37 heavy (non-hydrogen) atoms. The van der Waals surface area contributed by atoms with Gasteiger partial charge in [-0.15, -0.1) is 0 Å². The van der Waals surface area contributed by atoms with Crippen LogP contribution in [-0.2, 0) is 16.4 Å². The number of likely N-dealkylation sites (tertiary alicyclic amines) is 1. The van der Waals surface area contributed by atoms with Crippen molar-refractivity contribution in [1.29, 1.82) is 0 Å². The third-order valence-corrected chi connectivity index (χ3v) is 8.41. The molecule has 1 amide bonds. The Balaban J connectivity index is 1.39. The molecule has 0 bridgehead atoms. The molecule has 1 heterocycles.